The minimum absolute atomic E-state index is 0.0143. The lowest BCUT2D eigenvalue weighted by molar-refractivity contribution is -0.141. The molecule has 0 saturated carbocycles. The Morgan fingerprint density at radius 3 is 3.05 bits per heavy atom. The Kier molecular flexibility index (Phi) is 5.19. The Balaban J connectivity index is 2.06. The highest BCUT2D eigenvalue weighted by molar-refractivity contribution is 6.32. The molecular weight excluding hydrogens is 298 g/mol. The summed E-state index contributed by atoms with van der Waals surface area (Å²) in [7, 11) is 1.25. The number of ether oxygens (including phenoxy) is 2. The van der Waals surface area contributed by atoms with Crippen LogP contribution in [0.1, 0.15) is 13.3 Å². The number of methoxy groups -OCH3 is 1. The predicted molar refractivity (Wildman–Crippen MR) is 77.5 cm³/mol. The Labute approximate surface area is 127 Å². The van der Waals surface area contributed by atoms with Crippen LogP contribution in [0.3, 0.4) is 0 Å². The van der Waals surface area contributed by atoms with E-state index >= 15 is 0 Å². The second-order valence-corrected chi connectivity index (χ2v) is 5.29. The second kappa shape index (κ2) is 6.91. The zero-order valence-corrected chi connectivity index (χ0v) is 12.7. The summed E-state index contributed by atoms with van der Waals surface area (Å²) in [6, 6.07) is 0. The van der Waals surface area contributed by atoms with Crippen molar-refractivity contribution in [1.82, 2.24) is 9.78 Å². The molecular formula is C13H18ClN3O4. The Morgan fingerprint density at radius 2 is 2.43 bits per heavy atom. The van der Waals surface area contributed by atoms with E-state index in [9.17, 15) is 9.59 Å². The van der Waals surface area contributed by atoms with E-state index < -0.39 is 11.5 Å². The van der Waals surface area contributed by atoms with Crippen molar-refractivity contribution in [2.75, 3.05) is 25.6 Å². The van der Waals surface area contributed by atoms with E-state index in [-0.39, 0.29) is 17.7 Å². The van der Waals surface area contributed by atoms with Crippen LogP contribution in [0.25, 0.3) is 0 Å². The van der Waals surface area contributed by atoms with Gasteiger partial charge >= 0.3 is 5.97 Å². The van der Waals surface area contributed by atoms with Crippen molar-refractivity contribution in [3.63, 3.8) is 0 Å². The van der Waals surface area contributed by atoms with Gasteiger partial charge in [-0.2, -0.15) is 5.10 Å². The molecule has 2 unspecified atom stereocenters. The fourth-order valence-corrected chi connectivity index (χ4v) is 2.39. The number of halogens is 1. The summed E-state index contributed by atoms with van der Waals surface area (Å²) in [5, 5.41) is 7.05. The van der Waals surface area contributed by atoms with Crippen molar-refractivity contribution in [3.8, 4) is 0 Å². The highest BCUT2D eigenvalue weighted by atomic mass is 35.5. The van der Waals surface area contributed by atoms with E-state index in [2.05, 4.69) is 15.2 Å². The first-order chi connectivity index (χ1) is 10.0. The molecule has 2 rings (SSSR count). The van der Waals surface area contributed by atoms with E-state index in [1.807, 2.05) is 6.92 Å². The molecule has 1 N–H and O–H groups in total. The maximum absolute atomic E-state index is 12.0. The summed E-state index contributed by atoms with van der Waals surface area (Å²) in [5.74, 6) is -0.183. The number of hydrogen-bond acceptors (Lipinski definition) is 6. The zero-order valence-electron chi connectivity index (χ0n) is 12.0. The highest BCUT2D eigenvalue weighted by Crippen LogP contribution is 2.22. The monoisotopic (exact) mass is 315 g/mol. The molecule has 0 aromatic carbocycles. The van der Waals surface area contributed by atoms with Crippen LogP contribution in [-0.4, -0.2) is 42.1 Å². The highest BCUT2D eigenvalue weighted by Gasteiger charge is 2.24. The SMILES string of the molecule is COC(=O)Cn1ncc(NCC2CCOC2C)c(Cl)c1=O. The molecule has 0 bridgehead atoms. The van der Waals surface area contributed by atoms with E-state index in [4.69, 9.17) is 16.3 Å². The quantitative estimate of drug-likeness (QED) is 0.813. The summed E-state index contributed by atoms with van der Waals surface area (Å²) in [6.45, 7) is 3.17. The lowest BCUT2D eigenvalue weighted by Gasteiger charge is -2.16. The van der Waals surface area contributed by atoms with E-state index in [0.717, 1.165) is 17.7 Å². The molecule has 1 aliphatic heterocycles. The van der Waals surface area contributed by atoms with Gasteiger partial charge in [0.1, 0.15) is 11.6 Å². The number of nitrogens with one attached hydrogen (secondary N) is 1. The average Bonchev–Trinajstić information content (AvgIpc) is 2.88. The number of carbonyl (C=O) groups is 1. The predicted octanol–water partition coefficient (Wildman–Crippen LogP) is 0.907. The Bertz CT molecular complexity index is 575. The topological polar surface area (TPSA) is 82.5 Å². The molecule has 0 aliphatic carbocycles. The first kappa shape index (κ1) is 15.8. The Hall–Kier alpha value is -1.60. The average molecular weight is 316 g/mol. The second-order valence-electron chi connectivity index (χ2n) is 4.92. The van der Waals surface area contributed by atoms with Crippen LogP contribution < -0.4 is 10.9 Å². The summed E-state index contributed by atoms with van der Waals surface area (Å²) in [6.07, 6.45) is 2.59. The first-order valence-electron chi connectivity index (χ1n) is 6.70. The van der Waals surface area contributed by atoms with Crippen molar-refractivity contribution < 1.29 is 14.3 Å². The molecule has 0 amide bonds. The summed E-state index contributed by atoms with van der Waals surface area (Å²) in [5.41, 5.74) is -0.0651. The fourth-order valence-electron chi connectivity index (χ4n) is 2.17. The first-order valence-corrected chi connectivity index (χ1v) is 7.08. The molecule has 1 aromatic rings. The van der Waals surface area contributed by atoms with Crippen LogP contribution in [0.4, 0.5) is 5.69 Å². The van der Waals surface area contributed by atoms with Crippen molar-refractivity contribution >= 4 is 23.3 Å². The lowest BCUT2D eigenvalue weighted by Crippen LogP contribution is -2.29. The van der Waals surface area contributed by atoms with Gasteiger partial charge in [0.2, 0.25) is 0 Å². The Morgan fingerprint density at radius 1 is 1.67 bits per heavy atom. The molecule has 2 heterocycles. The van der Waals surface area contributed by atoms with Crippen LogP contribution in [-0.2, 0) is 20.8 Å². The molecule has 0 radical (unpaired) electrons. The number of nitrogens with zero attached hydrogens (tertiary/aromatic N) is 2. The van der Waals surface area contributed by atoms with Gasteiger partial charge in [-0.25, -0.2) is 4.68 Å². The molecule has 21 heavy (non-hydrogen) atoms. The van der Waals surface area contributed by atoms with Gasteiger partial charge in [0.15, 0.2) is 0 Å². The zero-order chi connectivity index (χ0) is 15.4. The van der Waals surface area contributed by atoms with Gasteiger partial charge < -0.3 is 14.8 Å². The van der Waals surface area contributed by atoms with Gasteiger partial charge in [-0.05, 0) is 13.3 Å². The number of rotatable bonds is 5. The number of carbonyl (C=O) groups excluding carboxylic acids is 1. The maximum atomic E-state index is 12.0. The van der Waals surface area contributed by atoms with Gasteiger partial charge in [0, 0.05) is 19.1 Å². The van der Waals surface area contributed by atoms with Crippen LogP contribution in [0, 0.1) is 5.92 Å². The molecule has 0 spiro atoms. The summed E-state index contributed by atoms with van der Waals surface area (Å²) in [4.78, 5) is 23.2. The standard InChI is InChI=1S/C13H18ClN3O4/c1-8-9(3-4-21-8)5-15-10-6-16-17(7-11(18)20-2)13(19)12(10)14/h6,8-9,15H,3-5,7H2,1-2H3. The minimum atomic E-state index is -0.557. The van der Waals surface area contributed by atoms with Crippen LogP contribution in [0.2, 0.25) is 5.02 Å². The third kappa shape index (κ3) is 3.74. The van der Waals surface area contributed by atoms with Crippen LogP contribution in [0.5, 0.6) is 0 Å². The minimum Gasteiger partial charge on any atom is -0.468 e. The molecule has 116 valence electrons. The van der Waals surface area contributed by atoms with Gasteiger partial charge in [-0.15, -0.1) is 0 Å². The van der Waals surface area contributed by atoms with Crippen molar-refractivity contribution in [1.29, 1.82) is 0 Å². The molecule has 2 atom stereocenters. The lowest BCUT2D eigenvalue weighted by atomic mass is 10.0. The van der Waals surface area contributed by atoms with Gasteiger partial charge in [-0.3, -0.25) is 9.59 Å². The largest absolute Gasteiger partial charge is 0.468 e. The van der Waals surface area contributed by atoms with E-state index in [0.29, 0.717) is 18.2 Å². The van der Waals surface area contributed by atoms with Gasteiger partial charge in [-0.1, -0.05) is 11.6 Å². The fraction of sp³-hybridized carbons (Fsp3) is 0.615. The molecule has 1 aliphatic rings. The van der Waals surface area contributed by atoms with Crippen molar-refractivity contribution in [2.45, 2.75) is 26.0 Å². The van der Waals surface area contributed by atoms with Crippen molar-refractivity contribution in [3.05, 3.63) is 21.6 Å². The normalized spacial score (nSPS) is 21.3. The molecule has 7 nitrogen and oxygen atoms in total. The van der Waals surface area contributed by atoms with Crippen LogP contribution in [0.15, 0.2) is 11.0 Å². The number of aromatic nitrogens is 2. The molecule has 8 heteroatoms. The smallest absolute Gasteiger partial charge is 0.327 e. The van der Waals surface area contributed by atoms with E-state index in [1.165, 1.54) is 13.3 Å². The third-order valence-electron chi connectivity index (χ3n) is 3.58. The van der Waals surface area contributed by atoms with Gasteiger partial charge in [0.05, 0.1) is 25.1 Å². The summed E-state index contributed by atoms with van der Waals surface area (Å²) < 4.78 is 10.9. The maximum Gasteiger partial charge on any atom is 0.327 e. The van der Waals surface area contributed by atoms with Crippen molar-refractivity contribution in [2.24, 2.45) is 5.92 Å². The molecule has 1 saturated heterocycles. The van der Waals surface area contributed by atoms with Gasteiger partial charge in [0.25, 0.3) is 5.56 Å². The summed E-state index contributed by atoms with van der Waals surface area (Å²) >= 11 is 6.03. The number of anilines is 1. The molecule has 1 fully saturated rings. The number of hydrogen-bond donors (Lipinski definition) is 1. The van der Waals surface area contributed by atoms with Crippen LogP contribution >= 0.6 is 11.6 Å². The number of esters is 1. The molecule has 1 aromatic heterocycles. The third-order valence-corrected chi connectivity index (χ3v) is 3.94. The van der Waals surface area contributed by atoms with E-state index in [1.54, 1.807) is 0 Å².